The van der Waals surface area contributed by atoms with Gasteiger partial charge in [0.2, 0.25) is 6.19 Å². The van der Waals surface area contributed by atoms with E-state index in [-0.39, 0.29) is 24.2 Å². The highest BCUT2D eigenvalue weighted by Gasteiger charge is 2.26. The van der Waals surface area contributed by atoms with Gasteiger partial charge < -0.3 is 9.30 Å². The number of alkyl halides is 3. The molecule has 0 aliphatic heterocycles. The minimum atomic E-state index is -4.22. The van der Waals surface area contributed by atoms with Crippen LogP contribution in [0.2, 0.25) is 5.02 Å². The van der Waals surface area contributed by atoms with Crippen LogP contribution in [0, 0.1) is 11.5 Å². The Morgan fingerprint density at radius 2 is 2.00 bits per heavy atom. The summed E-state index contributed by atoms with van der Waals surface area (Å²) in [6, 6.07) is 4.84. The van der Waals surface area contributed by atoms with E-state index in [9.17, 15) is 13.2 Å². The van der Waals surface area contributed by atoms with E-state index in [2.05, 4.69) is 9.98 Å². The van der Waals surface area contributed by atoms with E-state index in [0.717, 1.165) is 4.88 Å². The smallest absolute Gasteiger partial charge is 0.389 e. The lowest BCUT2D eigenvalue weighted by molar-refractivity contribution is -0.135. The van der Waals surface area contributed by atoms with E-state index in [4.69, 9.17) is 21.6 Å². The van der Waals surface area contributed by atoms with Crippen molar-refractivity contribution in [2.24, 2.45) is 9.98 Å². The van der Waals surface area contributed by atoms with Crippen LogP contribution >= 0.6 is 22.9 Å². The number of nitriles is 1. The number of hydrogen-bond donors (Lipinski definition) is 0. The molecule has 1 heterocycles. The molecule has 0 bridgehead atoms. The lowest BCUT2D eigenvalue weighted by Crippen LogP contribution is -2.18. The van der Waals surface area contributed by atoms with Crippen LogP contribution in [0.1, 0.15) is 44.1 Å². The van der Waals surface area contributed by atoms with Gasteiger partial charge in [-0.25, -0.2) is 0 Å². The lowest BCUT2D eigenvalue weighted by Gasteiger charge is -2.14. The molecular formula is C20H22ClF3N4OS. The second kappa shape index (κ2) is 9.67. The van der Waals surface area contributed by atoms with Crippen molar-refractivity contribution < 1.29 is 17.9 Å². The molecular weight excluding hydrogens is 437 g/mol. The van der Waals surface area contributed by atoms with Crippen LogP contribution < -0.4 is 9.54 Å². The maximum atomic E-state index is 12.6. The summed E-state index contributed by atoms with van der Waals surface area (Å²) in [5.74, 6) is 0.497. The van der Waals surface area contributed by atoms with E-state index < -0.39 is 12.6 Å². The summed E-state index contributed by atoms with van der Waals surface area (Å²) >= 11 is 7.43. The normalized spacial score (nSPS) is 13.4. The van der Waals surface area contributed by atoms with Crippen LogP contribution in [-0.4, -0.2) is 23.7 Å². The topological polar surface area (TPSA) is 62.7 Å². The minimum absolute atomic E-state index is 0.0729. The largest absolute Gasteiger partial charge is 0.496 e. The molecule has 0 radical (unpaired) electrons. The van der Waals surface area contributed by atoms with Crippen LogP contribution in [0.3, 0.4) is 0 Å². The van der Waals surface area contributed by atoms with E-state index in [1.54, 1.807) is 35.2 Å². The second-order valence-electron chi connectivity index (χ2n) is 7.53. The number of halogens is 4. The number of aromatic nitrogens is 1. The molecule has 2 aromatic rings. The van der Waals surface area contributed by atoms with Crippen LogP contribution in [0.4, 0.5) is 13.2 Å². The van der Waals surface area contributed by atoms with Crippen molar-refractivity contribution in [3.63, 3.8) is 0 Å². The first kappa shape index (κ1) is 24.0. The zero-order valence-corrected chi connectivity index (χ0v) is 18.6. The summed E-state index contributed by atoms with van der Waals surface area (Å²) in [7, 11) is 1.47. The zero-order chi connectivity index (χ0) is 22.5. The number of aliphatic imine (C=N–C) groups is 1. The molecule has 0 amide bonds. The molecule has 0 N–H and O–H groups in total. The summed E-state index contributed by atoms with van der Waals surface area (Å²) in [5.41, 5.74) is 0.198. The van der Waals surface area contributed by atoms with Crippen LogP contribution in [0.25, 0.3) is 0 Å². The number of aryl methyl sites for hydroxylation is 1. The molecule has 1 aromatic carbocycles. The van der Waals surface area contributed by atoms with Gasteiger partial charge in [-0.05, 0) is 30.0 Å². The first-order valence-electron chi connectivity index (χ1n) is 9.07. The Balaban J connectivity index is 2.58. The first-order valence-corrected chi connectivity index (χ1v) is 10.3. The van der Waals surface area contributed by atoms with Gasteiger partial charge in [-0.1, -0.05) is 32.4 Å². The number of hydrogen-bond acceptors (Lipinski definition) is 4. The molecule has 0 fully saturated rings. The van der Waals surface area contributed by atoms with Crippen molar-refractivity contribution in [3.8, 4) is 11.9 Å². The fourth-order valence-corrected chi connectivity index (χ4v) is 3.81. The SMILES string of the molecule is COc1ccc(Cl)cc1C(=NC#N)N=c1sc(C(C)(C)C)cn1CCCC(F)(F)F. The highest BCUT2D eigenvalue weighted by atomic mass is 35.5. The fourth-order valence-electron chi connectivity index (χ4n) is 2.56. The number of amidine groups is 1. The Morgan fingerprint density at radius 1 is 1.30 bits per heavy atom. The highest BCUT2D eigenvalue weighted by molar-refractivity contribution is 7.09. The molecule has 0 saturated heterocycles. The maximum Gasteiger partial charge on any atom is 0.389 e. The monoisotopic (exact) mass is 458 g/mol. The average molecular weight is 459 g/mol. The number of benzene rings is 1. The van der Waals surface area contributed by atoms with Gasteiger partial charge in [0, 0.05) is 29.1 Å². The third-order valence-electron chi connectivity index (χ3n) is 4.08. The van der Waals surface area contributed by atoms with Gasteiger partial charge in [0.25, 0.3) is 0 Å². The van der Waals surface area contributed by atoms with Gasteiger partial charge >= 0.3 is 6.18 Å². The fraction of sp³-hybridized carbons (Fsp3) is 0.450. The van der Waals surface area contributed by atoms with Crippen molar-refractivity contribution in [1.29, 1.82) is 5.26 Å². The van der Waals surface area contributed by atoms with Crippen molar-refractivity contribution in [3.05, 3.63) is 44.7 Å². The van der Waals surface area contributed by atoms with Gasteiger partial charge in [0.1, 0.15) is 5.75 Å². The van der Waals surface area contributed by atoms with E-state index in [1.165, 1.54) is 18.4 Å². The predicted molar refractivity (Wildman–Crippen MR) is 112 cm³/mol. The highest BCUT2D eigenvalue weighted by Crippen LogP contribution is 2.27. The third-order valence-corrected chi connectivity index (χ3v) is 5.76. The molecule has 162 valence electrons. The van der Waals surface area contributed by atoms with Crippen LogP contribution in [0.5, 0.6) is 5.75 Å². The molecule has 30 heavy (non-hydrogen) atoms. The van der Waals surface area contributed by atoms with Crippen molar-refractivity contribution >= 4 is 28.8 Å². The number of thiazole rings is 1. The molecule has 10 heteroatoms. The van der Waals surface area contributed by atoms with Crippen molar-refractivity contribution in [2.75, 3.05) is 7.11 Å². The Labute approximate surface area is 182 Å². The molecule has 5 nitrogen and oxygen atoms in total. The van der Waals surface area contributed by atoms with Gasteiger partial charge in [0.05, 0.1) is 12.7 Å². The first-order chi connectivity index (χ1) is 13.9. The maximum absolute atomic E-state index is 12.6. The van der Waals surface area contributed by atoms with Crippen LogP contribution in [-0.2, 0) is 12.0 Å². The Kier molecular flexibility index (Phi) is 7.72. The van der Waals surface area contributed by atoms with Crippen LogP contribution in [0.15, 0.2) is 34.4 Å². The van der Waals surface area contributed by atoms with Gasteiger partial charge in [-0.2, -0.15) is 28.4 Å². The van der Waals surface area contributed by atoms with Gasteiger partial charge in [-0.3, -0.25) is 0 Å². The van der Waals surface area contributed by atoms with Crippen molar-refractivity contribution in [2.45, 2.75) is 51.7 Å². The lowest BCUT2D eigenvalue weighted by atomic mass is 9.95. The van der Waals surface area contributed by atoms with E-state index in [0.29, 0.717) is 21.1 Å². The summed E-state index contributed by atoms with van der Waals surface area (Å²) in [4.78, 5) is 9.70. The second-order valence-corrected chi connectivity index (χ2v) is 8.98. The average Bonchev–Trinajstić information content (AvgIpc) is 3.03. The summed E-state index contributed by atoms with van der Waals surface area (Å²) in [6.07, 6.45) is -1.66. The number of ether oxygens (including phenoxy) is 1. The van der Waals surface area contributed by atoms with E-state index in [1.807, 2.05) is 20.8 Å². The standard InChI is InChI=1S/C20H22ClF3N4OS/c1-19(2,3)16-11-28(9-5-8-20(22,23)24)18(30-16)27-17(26-12-25)14-10-13(21)6-7-15(14)29-4/h6-7,10-11H,5,8-9H2,1-4H3. The quantitative estimate of drug-likeness (QED) is 0.328. The molecule has 0 unspecified atom stereocenters. The molecule has 0 aliphatic rings. The van der Waals surface area contributed by atoms with E-state index >= 15 is 0 Å². The zero-order valence-electron chi connectivity index (χ0n) is 17.0. The molecule has 2 rings (SSSR count). The summed E-state index contributed by atoms with van der Waals surface area (Å²) < 4.78 is 44.8. The third kappa shape index (κ3) is 6.61. The molecule has 0 aliphatic carbocycles. The molecule has 0 atom stereocenters. The summed E-state index contributed by atoms with van der Waals surface area (Å²) in [6.45, 7) is 6.16. The van der Waals surface area contributed by atoms with Crippen molar-refractivity contribution in [1.82, 2.24) is 4.57 Å². The Morgan fingerprint density at radius 3 is 2.57 bits per heavy atom. The molecule has 1 aromatic heterocycles. The Hall–Kier alpha value is -2.31. The molecule has 0 saturated carbocycles. The minimum Gasteiger partial charge on any atom is -0.496 e. The molecule has 0 spiro atoms. The number of methoxy groups -OCH3 is 1. The summed E-state index contributed by atoms with van der Waals surface area (Å²) in [5, 5.41) is 9.55. The number of rotatable bonds is 5. The predicted octanol–water partition coefficient (Wildman–Crippen LogP) is 5.68. The Bertz CT molecular complexity index is 1030. The van der Waals surface area contributed by atoms with Gasteiger partial charge in [-0.15, -0.1) is 11.3 Å². The number of nitrogens with zero attached hydrogens (tertiary/aromatic N) is 4. The van der Waals surface area contributed by atoms with Gasteiger partial charge in [0.15, 0.2) is 10.6 Å².